The quantitative estimate of drug-likeness (QED) is 0.656. The lowest BCUT2D eigenvalue weighted by Gasteiger charge is -2.36. The summed E-state index contributed by atoms with van der Waals surface area (Å²) in [4.78, 5) is 41.1. The van der Waals surface area contributed by atoms with Crippen LogP contribution in [0.2, 0.25) is 0 Å². The first-order chi connectivity index (χ1) is 15.5. The highest BCUT2D eigenvalue weighted by molar-refractivity contribution is 5.93. The van der Waals surface area contributed by atoms with Gasteiger partial charge in [-0.15, -0.1) is 0 Å². The Balaban J connectivity index is 1.49. The molecule has 5 atom stereocenters. The van der Waals surface area contributed by atoms with Crippen molar-refractivity contribution in [1.29, 1.82) is 0 Å². The minimum atomic E-state index is -0.565. The second-order valence-corrected chi connectivity index (χ2v) is 9.47. The van der Waals surface area contributed by atoms with E-state index in [4.69, 9.17) is 0 Å². The molecule has 3 unspecified atom stereocenters. The fourth-order valence-electron chi connectivity index (χ4n) is 5.26. The SMILES string of the molecule is CC[C@@H](C)C(=O)N[C@H]1CCCNC2CCC(C(=O)NC3CCCc4ccccc43)N2C1=O. The molecule has 3 aliphatic rings. The molecule has 3 amide bonds. The van der Waals surface area contributed by atoms with Gasteiger partial charge in [-0.1, -0.05) is 38.1 Å². The lowest BCUT2D eigenvalue weighted by molar-refractivity contribution is -0.145. The van der Waals surface area contributed by atoms with Crippen LogP contribution < -0.4 is 16.0 Å². The Morgan fingerprint density at radius 1 is 1.09 bits per heavy atom. The third-order valence-corrected chi connectivity index (χ3v) is 7.35. The highest BCUT2D eigenvalue weighted by atomic mass is 16.2. The Hall–Kier alpha value is -2.41. The number of carbonyl (C=O) groups excluding carboxylic acids is 3. The third-order valence-electron chi connectivity index (χ3n) is 7.35. The van der Waals surface area contributed by atoms with Crippen molar-refractivity contribution in [1.82, 2.24) is 20.9 Å². The van der Waals surface area contributed by atoms with Crippen LogP contribution in [0.4, 0.5) is 0 Å². The number of hydrogen-bond donors (Lipinski definition) is 3. The topological polar surface area (TPSA) is 90.5 Å². The monoisotopic (exact) mass is 440 g/mol. The molecule has 3 N–H and O–H groups in total. The van der Waals surface area contributed by atoms with Gasteiger partial charge in [0.05, 0.1) is 12.2 Å². The molecule has 0 aromatic heterocycles. The van der Waals surface area contributed by atoms with E-state index in [1.54, 1.807) is 4.90 Å². The number of hydrogen-bond acceptors (Lipinski definition) is 4. The van der Waals surface area contributed by atoms with Crippen molar-refractivity contribution >= 4 is 17.7 Å². The molecular formula is C25H36N4O3. The van der Waals surface area contributed by atoms with E-state index < -0.39 is 12.1 Å². The van der Waals surface area contributed by atoms with E-state index in [2.05, 4.69) is 28.1 Å². The molecule has 2 saturated heterocycles. The van der Waals surface area contributed by atoms with E-state index in [0.717, 1.165) is 45.1 Å². The number of aryl methyl sites for hydroxylation is 1. The van der Waals surface area contributed by atoms with Crippen LogP contribution >= 0.6 is 0 Å². The van der Waals surface area contributed by atoms with Crippen molar-refractivity contribution in [3.8, 4) is 0 Å². The van der Waals surface area contributed by atoms with Crippen molar-refractivity contribution in [3.63, 3.8) is 0 Å². The minimum absolute atomic E-state index is 0.00906. The molecule has 4 rings (SSSR count). The molecule has 0 saturated carbocycles. The van der Waals surface area contributed by atoms with Crippen LogP contribution in [-0.2, 0) is 20.8 Å². The molecule has 2 fully saturated rings. The summed E-state index contributed by atoms with van der Waals surface area (Å²) in [5, 5.41) is 9.64. The molecule has 1 aliphatic carbocycles. The van der Waals surface area contributed by atoms with Gasteiger partial charge < -0.3 is 15.5 Å². The lowest BCUT2D eigenvalue weighted by atomic mass is 9.87. The second kappa shape index (κ2) is 10.0. The molecule has 0 radical (unpaired) electrons. The first-order valence-electron chi connectivity index (χ1n) is 12.2. The normalized spacial score (nSPS) is 28.7. The number of rotatable bonds is 5. The van der Waals surface area contributed by atoms with Crippen LogP contribution in [-0.4, -0.2) is 47.4 Å². The Morgan fingerprint density at radius 2 is 1.88 bits per heavy atom. The summed E-state index contributed by atoms with van der Waals surface area (Å²) in [5.74, 6) is -0.446. The molecule has 0 bridgehead atoms. The highest BCUT2D eigenvalue weighted by Crippen LogP contribution is 2.31. The summed E-state index contributed by atoms with van der Waals surface area (Å²) in [6.07, 6.45) is 6.36. The molecule has 2 aliphatic heterocycles. The van der Waals surface area contributed by atoms with E-state index >= 15 is 0 Å². The Labute approximate surface area is 190 Å². The number of benzene rings is 1. The van der Waals surface area contributed by atoms with E-state index in [1.807, 2.05) is 26.0 Å². The van der Waals surface area contributed by atoms with Gasteiger partial charge in [-0.2, -0.15) is 0 Å². The zero-order chi connectivity index (χ0) is 22.7. The smallest absolute Gasteiger partial charge is 0.247 e. The van der Waals surface area contributed by atoms with Crippen molar-refractivity contribution < 1.29 is 14.4 Å². The molecule has 0 spiro atoms. The van der Waals surface area contributed by atoms with Crippen LogP contribution in [0.5, 0.6) is 0 Å². The van der Waals surface area contributed by atoms with Crippen LogP contribution in [0.15, 0.2) is 24.3 Å². The van der Waals surface area contributed by atoms with Gasteiger partial charge in [-0.05, 0) is 69.0 Å². The Morgan fingerprint density at radius 3 is 2.69 bits per heavy atom. The maximum atomic E-state index is 13.5. The van der Waals surface area contributed by atoms with Gasteiger partial charge in [0.15, 0.2) is 0 Å². The summed E-state index contributed by atoms with van der Waals surface area (Å²) in [7, 11) is 0. The van der Waals surface area contributed by atoms with Gasteiger partial charge in [0.2, 0.25) is 17.7 Å². The Bertz CT molecular complexity index is 857. The highest BCUT2D eigenvalue weighted by Gasteiger charge is 2.44. The largest absolute Gasteiger partial charge is 0.347 e. The van der Waals surface area contributed by atoms with E-state index in [1.165, 1.54) is 11.1 Å². The van der Waals surface area contributed by atoms with Crippen molar-refractivity contribution in [2.75, 3.05) is 6.54 Å². The molecule has 1 aromatic rings. The average molecular weight is 441 g/mol. The van der Waals surface area contributed by atoms with Crippen molar-refractivity contribution in [3.05, 3.63) is 35.4 Å². The zero-order valence-electron chi connectivity index (χ0n) is 19.2. The first-order valence-corrected chi connectivity index (χ1v) is 12.2. The van der Waals surface area contributed by atoms with Gasteiger partial charge >= 0.3 is 0 Å². The van der Waals surface area contributed by atoms with Crippen LogP contribution in [0.25, 0.3) is 0 Å². The third kappa shape index (κ3) is 4.68. The standard InChI is InChI=1S/C25H36N4O3/c1-3-16(2)23(30)28-20-12-7-15-26-22-14-13-21(29(22)25(20)32)24(31)27-19-11-6-9-17-8-4-5-10-18(17)19/h4-5,8,10,16,19-22,26H,3,6-7,9,11-15H2,1-2H3,(H,27,31)(H,28,30)/t16-,19?,20+,21?,22?/m1/s1. The number of amides is 3. The minimum Gasteiger partial charge on any atom is -0.347 e. The Kier molecular flexibility index (Phi) is 7.13. The van der Waals surface area contributed by atoms with Crippen molar-refractivity contribution in [2.45, 2.75) is 89.5 Å². The maximum absolute atomic E-state index is 13.5. The van der Waals surface area contributed by atoms with Crippen LogP contribution in [0, 0.1) is 5.92 Å². The first kappa shape index (κ1) is 22.8. The molecule has 7 nitrogen and oxygen atoms in total. The molecule has 7 heteroatoms. The molecular weight excluding hydrogens is 404 g/mol. The number of fused-ring (bicyclic) bond motifs is 2. The van der Waals surface area contributed by atoms with Gasteiger partial charge in [0.1, 0.15) is 12.1 Å². The molecule has 1 aromatic carbocycles. The van der Waals surface area contributed by atoms with Crippen LogP contribution in [0.3, 0.4) is 0 Å². The van der Waals surface area contributed by atoms with Gasteiger partial charge in [-0.25, -0.2) is 0 Å². The zero-order valence-corrected chi connectivity index (χ0v) is 19.2. The van der Waals surface area contributed by atoms with E-state index in [0.29, 0.717) is 12.8 Å². The van der Waals surface area contributed by atoms with Crippen LogP contribution in [0.1, 0.15) is 76.0 Å². The van der Waals surface area contributed by atoms with Gasteiger partial charge in [0, 0.05) is 5.92 Å². The summed E-state index contributed by atoms with van der Waals surface area (Å²) < 4.78 is 0. The predicted octanol–water partition coefficient (Wildman–Crippen LogP) is 2.41. The van der Waals surface area contributed by atoms with E-state index in [-0.39, 0.29) is 35.8 Å². The number of nitrogens with one attached hydrogen (secondary N) is 3. The van der Waals surface area contributed by atoms with Crippen molar-refractivity contribution in [2.24, 2.45) is 5.92 Å². The second-order valence-electron chi connectivity index (χ2n) is 9.47. The fraction of sp³-hybridized carbons (Fsp3) is 0.640. The summed E-state index contributed by atoms with van der Waals surface area (Å²) in [6.45, 7) is 4.62. The summed E-state index contributed by atoms with van der Waals surface area (Å²) >= 11 is 0. The average Bonchev–Trinajstić information content (AvgIpc) is 3.22. The predicted molar refractivity (Wildman–Crippen MR) is 123 cm³/mol. The fourth-order valence-corrected chi connectivity index (χ4v) is 5.26. The molecule has 32 heavy (non-hydrogen) atoms. The lowest BCUT2D eigenvalue weighted by Crippen LogP contribution is -2.60. The number of nitrogens with zero attached hydrogens (tertiary/aromatic N) is 1. The number of carbonyl (C=O) groups is 3. The van der Waals surface area contributed by atoms with Gasteiger partial charge in [-0.3, -0.25) is 19.7 Å². The summed E-state index contributed by atoms with van der Waals surface area (Å²) in [5.41, 5.74) is 2.49. The van der Waals surface area contributed by atoms with Gasteiger partial charge in [0.25, 0.3) is 0 Å². The maximum Gasteiger partial charge on any atom is 0.247 e. The van der Waals surface area contributed by atoms with E-state index in [9.17, 15) is 14.4 Å². The molecule has 174 valence electrons. The molecule has 2 heterocycles. The summed E-state index contributed by atoms with van der Waals surface area (Å²) in [6, 6.07) is 7.22.